The Balaban J connectivity index is 3.07. The van der Waals surface area contributed by atoms with Crippen molar-refractivity contribution in [1.29, 1.82) is 0 Å². The maximum Gasteiger partial charge on any atom is 0.126 e. The summed E-state index contributed by atoms with van der Waals surface area (Å²) in [7, 11) is 0. The molecule has 0 fully saturated rings. The number of carbonyl (C=O) groups is 1. The molecule has 2 nitrogen and oxygen atoms in total. The van der Waals surface area contributed by atoms with Gasteiger partial charge in [-0.05, 0) is 31.0 Å². The average molecular weight is 196 g/mol. The number of benzene rings is 1. The molecule has 0 spiro atoms. The van der Waals surface area contributed by atoms with Crippen LogP contribution in [0, 0.1) is 12.7 Å². The van der Waals surface area contributed by atoms with E-state index in [9.17, 15) is 14.3 Å². The summed E-state index contributed by atoms with van der Waals surface area (Å²) in [5.41, 5.74) is -0.334. The van der Waals surface area contributed by atoms with Gasteiger partial charge in [0.2, 0.25) is 0 Å². The second-order valence-electron chi connectivity index (χ2n) is 3.61. The van der Waals surface area contributed by atoms with Gasteiger partial charge in [-0.15, -0.1) is 0 Å². The number of halogens is 1. The Morgan fingerprint density at radius 1 is 1.57 bits per heavy atom. The van der Waals surface area contributed by atoms with Crippen LogP contribution in [0.15, 0.2) is 18.2 Å². The molecule has 3 heteroatoms. The smallest absolute Gasteiger partial charge is 0.126 e. The van der Waals surface area contributed by atoms with Crippen LogP contribution in [0.3, 0.4) is 0 Å². The van der Waals surface area contributed by atoms with Crippen LogP contribution in [-0.4, -0.2) is 11.4 Å². The lowest BCUT2D eigenvalue weighted by molar-refractivity contribution is -0.112. The van der Waals surface area contributed by atoms with Crippen LogP contribution in [-0.2, 0) is 10.4 Å². The zero-order valence-corrected chi connectivity index (χ0v) is 8.25. The van der Waals surface area contributed by atoms with Gasteiger partial charge in [0.05, 0.1) is 5.60 Å². The summed E-state index contributed by atoms with van der Waals surface area (Å²) in [6.07, 6.45) is 0.591. The summed E-state index contributed by atoms with van der Waals surface area (Å²) in [5.74, 6) is -0.367. The van der Waals surface area contributed by atoms with Crippen molar-refractivity contribution < 1.29 is 14.3 Å². The second-order valence-corrected chi connectivity index (χ2v) is 3.61. The predicted octanol–water partition coefficient (Wildman–Crippen LogP) is 1.93. The number of aldehydes is 1. The molecule has 0 saturated carbocycles. The lowest BCUT2D eigenvalue weighted by atomic mass is 9.92. The first-order valence-electron chi connectivity index (χ1n) is 4.40. The fraction of sp³-hybridized carbons (Fsp3) is 0.364. The largest absolute Gasteiger partial charge is 0.385 e. The first-order valence-corrected chi connectivity index (χ1v) is 4.40. The van der Waals surface area contributed by atoms with E-state index in [2.05, 4.69) is 0 Å². The van der Waals surface area contributed by atoms with Crippen molar-refractivity contribution in [2.24, 2.45) is 0 Å². The monoisotopic (exact) mass is 196 g/mol. The molecule has 1 rings (SSSR count). The molecule has 14 heavy (non-hydrogen) atoms. The fourth-order valence-electron chi connectivity index (χ4n) is 1.21. The van der Waals surface area contributed by atoms with Crippen molar-refractivity contribution in [1.82, 2.24) is 0 Å². The van der Waals surface area contributed by atoms with Crippen molar-refractivity contribution in [2.45, 2.75) is 25.9 Å². The van der Waals surface area contributed by atoms with Gasteiger partial charge in [-0.25, -0.2) is 4.39 Å². The summed E-state index contributed by atoms with van der Waals surface area (Å²) in [6.45, 7) is 3.14. The number of aryl methyl sites for hydroxylation is 1. The molecule has 1 unspecified atom stereocenters. The van der Waals surface area contributed by atoms with Gasteiger partial charge in [0.15, 0.2) is 0 Å². The van der Waals surface area contributed by atoms with Crippen LogP contribution in [0.25, 0.3) is 0 Å². The highest BCUT2D eigenvalue weighted by Crippen LogP contribution is 2.24. The zero-order valence-electron chi connectivity index (χ0n) is 8.25. The SMILES string of the molecule is Cc1ccc(C(C)(O)CC=O)cc1F. The molecule has 1 N–H and O–H groups in total. The number of rotatable bonds is 3. The third kappa shape index (κ3) is 2.17. The van der Waals surface area contributed by atoms with Crippen molar-refractivity contribution in [3.05, 3.63) is 35.1 Å². The lowest BCUT2D eigenvalue weighted by Gasteiger charge is -2.21. The first-order chi connectivity index (χ1) is 6.47. The molecule has 0 aliphatic heterocycles. The molecule has 0 bridgehead atoms. The highest BCUT2D eigenvalue weighted by atomic mass is 19.1. The molecule has 0 aliphatic carbocycles. The van der Waals surface area contributed by atoms with Crippen LogP contribution in [0.5, 0.6) is 0 Å². The van der Waals surface area contributed by atoms with Gasteiger partial charge in [0.25, 0.3) is 0 Å². The van der Waals surface area contributed by atoms with Crippen molar-refractivity contribution >= 4 is 6.29 Å². The highest BCUT2D eigenvalue weighted by molar-refractivity contribution is 5.52. The minimum atomic E-state index is -1.28. The summed E-state index contributed by atoms with van der Waals surface area (Å²) in [5, 5.41) is 9.80. The Morgan fingerprint density at radius 2 is 2.21 bits per heavy atom. The van der Waals surface area contributed by atoms with Crippen molar-refractivity contribution in [2.75, 3.05) is 0 Å². The Hall–Kier alpha value is -1.22. The molecular formula is C11H13FO2. The van der Waals surface area contributed by atoms with E-state index in [4.69, 9.17) is 0 Å². The molecular weight excluding hydrogens is 183 g/mol. The van der Waals surface area contributed by atoms with Crippen molar-refractivity contribution in [3.8, 4) is 0 Å². The standard InChI is InChI=1S/C11H13FO2/c1-8-3-4-9(7-10(8)12)11(2,14)5-6-13/h3-4,6-7,14H,5H2,1-2H3. The molecule has 0 heterocycles. The molecule has 0 saturated heterocycles. The van der Waals surface area contributed by atoms with Crippen LogP contribution < -0.4 is 0 Å². The molecule has 0 aliphatic rings. The van der Waals surface area contributed by atoms with Gasteiger partial charge in [-0.3, -0.25) is 0 Å². The minimum absolute atomic E-state index is 0.0322. The maximum absolute atomic E-state index is 13.2. The molecule has 1 aromatic carbocycles. The Labute approximate surface area is 82.4 Å². The number of hydrogen-bond donors (Lipinski definition) is 1. The molecule has 0 radical (unpaired) electrons. The van der Waals surface area contributed by atoms with Crippen LogP contribution in [0.4, 0.5) is 4.39 Å². The van der Waals surface area contributed by atoms with E-state index < -0.39 is 5.60 Å². The summed E-state index contributed by atoms with van der Waals surface area (Å²) < 4.78 is 13.2. The van der Waals surface area contributed by atoms with Crippen LogP contribution >= 0.6 is 0 Å². The van der Waals surface area contributed by atoms with Gasteiger partial charge in [0, 0.05) is 6.42 Å². The summed E-state index contributed by atoms with van der Waals surface area (Å²) in [4.78, 5) is 10.3. The molecule has 0 amide bonds. The molecule has 1 atom stereocenters. The molecule has 76 valence electrons. The Kier molecular flexibility index (Phi) is 3.01. The lowest BCUT2D eigenvalue weighted by Crippen LogP contribution is -2.21. The van der Waals surface area contributed by atoms with Crippen molar-refractivity contribution in [3.63, 3.8) is 0 Å². The fourth-order valence-corrected chi connectivity index (χ4v) is 1.21. The third-order valence-electron chi connectivity index (χ3n) is 2.27. The number of aliphatic hydroxyl groups is 1. The van der Waals surface area contributed by atoms with E-state index in [-0.39, 0.29) is 12.2 Å². The average Bonchev–Trinajstić information content (AvgIpc) is 2.09. The zero-order chi connectivity index (χ0) is 10.8. The van der Waals surface area contributed by atoms with E-state index in [1.807, 2.05) is 0 Å². The topological polar surface area (TPSA) is 37.3 Å². The van der Waals surface area contributed by atoms with Gasteiger partial charge >= 0.3 is 0 Å². The number of hydrogen-bond acceptors (Lipinski definition) is 2. The van der Waals surface area contributed by atoms with Gasteiger partial charge in [-0.2, -0.15) is 0 Å². The van der Waals surface area contributed by atoms with E-state index in [0.29, 0.717) is 17.4 Å². The van der Waals surface area contributed by atoms with E-state index in [1.165, 1.54) is 13.0 Å². The normalized spacial score (nSPS) is 14.9. The Morgan fingerprint density at radius 3 is 2.71 bits per heavy atom. The van der Waals surface area contributed by atoms with E-state index >= 15 is 0 Å². The van der Waals surface area contributed by atoms with Gasteiger partial charge < -0.3 is 9.90 Å². The highest BCUT2D eigenvalue weighted by Gasteiger charge is 2.23. The van der Waals surface area contributed by atoms with Crippen LogP contribution in [0.1, 0.15) is 24.5 Å². The van der Waals surface area contributed by atoms with E-state index in [0.717, 1.165) is 0 Å². The third-order valence-corrected chi connectivity index (χ3v) is 2.27. The minimum Gasteiger partial charge on any atom is -0.385 e. The molecule has 1 aromatic rings. The maximum atomic E-state index is 13.2. The van der Waals surface area contributed by atoms with Gasteiger partial charge in [0.1, 0.15) is 12.1 Å². The second kappa shape index (κ2) is 3.88. The number of carbonyl (C=O) groups excluding carboxylic acids is 1. The Bertz CT molecular complexity index is 345. The quantitative estimate of drug-likeness (QED) is 0.750. The predicted molar refractivity (Wildman–Crippen MR) is 51.4 cm³/mol. The van der Waals surface area contributed by atoms with E-state index in [1.54, 1.807) is 19.1 Å². The summed E-state index contributed by atoms with van der Waals surface area (Å²) in [6, 6.07) is 4.48. The first kappa shape index (κ1) is 10.9. The molecule has 0 aromatic heterocycles. The van der Waals surface area contributed by atoms with Crippen LogP contribution in [0.2, 0.25) is 0 Å². The van der Waals surface area contributed by atoms with Gasteiger partial charge in [-0.1, -0.05) is 12.1 Å². The summed E-state index contributed by atoms with van der Waals surface area (Å²) >= 11 is 0.